The lowest BCUT2D eigenvalue weighted by Crippen LogP contribution is -2.20. The summed E-state index contributed by atoms with van der Waals surface area (Å²) in [7, 11) is 5.00. The number of halogens is 3. The summed E-state index contributed by atoms with van der Waals surface area (Å²) in [6.45, 7) is 8.49. The Balaban J connectivity index is 0.000000236. The Bertz CT molecular complexity index is 2590. The second-order valence-corrected chi connectivity index (χ2v) is 12.9. The predicted octanol–water partition coefficient (Wildman–Crippen LogP) is 9.22. The summed E-state index contributed by atoms with van der Waals surface area (Å²) < 4.78 is 41.2. The highest BCUT2D eigenvalue weighted by Gasteiger charge is 2.17. The predicted molar refractivity (Wildman–Crippen MR) is 230 cm³/mol. The lowest BCUT2D eigenvalue weighted by Gasteiger charge is -2.17. The van der Waals surface area contributed by atoms with Gasteiger partial charge in [-0.2, -0.15) is 0 Å². The molecule has 0 saturated heterocycles. The van der Waals surface area contributed by atoms with Gasteiger partial charge in [-0.05, 0) is 115 Å². The van der Waals surface area contributed by atoms with Crippen LogP contribution in [-0.4, -0.2) is 27.3 Å². The fourth-order valence-electron chi connectivity index (χ4n) is 5.60. The van der Waals surface area contributed by atoms with E-state index in [2.05, 4.69) is 23.8 Å². The minimum absolute atomic E-state index is 0.0262. The number of ether oxygens (including phenoxy) is 2. The molecule has 6 aromatic rings. The minimum Gasteiger partial charge on any atom is -0.457 e. The fraction of sp³-hybridized carbons (Fsp3) is 0.111. The summed E-state index contributed by atoms with van der Waals surface area (Å²) >= 11 is 4.71. The van der Waals surface area contributed by atoms with E-state index in [1.54, 1.807) is 92.7 Å². The number of carbonyl (C=O) groups is 2. The van der Waals surface area contributed by atoms with Crippen LogP contribution < -0.4 is 37.0 Å². The Morgan fingerprint density at radius 2 is 1.24 bits per heavy atom. The van der Waals surface area contributed by atoms with Crippen LogP contribution in [0.15, 0.2) is 144 Å². The molecule has 0 fully saturated rings. The highest BCUT2D eigenvalue weighted by atomic mass is 35.5. The third kappa shape index (κ3) is 11.9. The lowest BCUT2D eigenvalue weighted by atomic mass is 10.0. The zero-order chi connectivity index (χ0) is 43.2. The van der Waals surface area contributed by atoms with Crippen molar-refractivity contribution in [1.82, 2.24) is 9.13 Å². The van der Waals surface area contributed by atoms with Crippen LogP contribution in [0.1, 0.15) is 12.5 Å². The summed E-state index contributed by atoms with van der Waals surface area (Å²) in [6, 6.07) is 25.5. The van der Waals surface area contributed by atoms with E-state index in [1.165, 1.54) is 41.0 Å². The Morgan fingerprint density at radius 1 is 0.746 bits per heavy atom. The van der Waals surface area contributed by atoms with Gasteiger partial charge in [0.05, 0.1) is 5.69 Å². The molecular formula is C45H42ClF2N5O6. The Kier molecular flexibility index (Phi) is 15.7. The van der Waals surface area contributed by atoms with E-state index in [9.17, 15) is 28.0 Å². The largest absolute Gasteiger partial charge is 0.457 e. The van der Waals surface area contributed by atoms with E-state index in [0.29, 0.717) is 68.7 Å². The second kappa shape index (κ2) is 20.8. The molecule has 14 heteroatoms. The topological polar surface area (TPSA) is 147 Å². The number of pyridine rings is 2. The lowest BCUT2D eigenvalue weighted by molar-refractivity contribution is -0.112. The van der Waals surface area contributed by atoms with Gasteiger partial charge >= 0.3 is 0 Å². The SMILES string of the molecule is C=CC(=O)Cl.C=CC(=O)Nc1cccc(Oc2ccc(F)cc2)c1-c1cc(NC)c(=O)n(C)c1.CCc1cc(-c2c(N)cccc2Oc2ccc(F)cc2)cn(C)c1=O. The van der Waals surface area contributed by atoms with Gasteiger partial charge in [-0.3, -0.25) is 19.2 Å². The van der Waals surface area contributed by atoms with E-state index in [1.807, 2.05) is 13.0 Å². The maximum absolute atomic E-state index is 13.2. The van der Waals surface area contributed by atoms with Crippen LogP contribution in [0.2, 0.25) is 0 Å². The van der Waals surface area contributed by atoms with Crippen LogP contribution in [-0.2, 0) is 30.1 Å². The van der Waals surface area contributed by atoms with E-state index in [-0.39, 0.29) is 28.7 Å². The van der Waals surface area contributed by atoms with Gasteiger partial charge in [0.15, 0.2) is 0 Å². The van der Waals surface area contributed by atoms with Gasteiger partial charge in [0.2, 0.25) is 11.1 Å². The molecule has 0 unspecified atom stereocenters. The number of nitrogen functional groups attached to an aromatic ring is 1. The molecule has 59 heavy (non-hydrogen) atoms. The van der Waals surface area contributed by atoms with Crippen molar-refractivity contribution in [2.75, 3.05) is 23.4 Å². The van der Waals surface area contributed by atoms with Gasteiger partial charge in [0.25, 0.3) is 11.1 Å². The first-order chi connectivity index (χ1) is 28.2. The van der Waals surface area contributed by atoms with Crippen LogP contribution in [0.5, 0.6) is 23.0 Å². The summed E-state index contributed by atoms with van der Waals surface area (Å²) in [5.74, 6) is 0.828. The molecule has 0 bridgehead atoms. The van der Waals surface area contributed by atoms with Gasteiger partial charge in [0, 0.05) is 67.0 Å². The number of hydrogen-bond acceptors (Lipinski definition) is 8. The van der Waals surface area contributed by atoms with Crippen LogP contribution in [0, 0.1) is 11.6 Å². The van der Waals surface area contributed by atoms with Crippen molar-refractivity contribution in [3.05, 3.63) is 173 Å². The number of aryl methyl sites for hydroxylation is 3. The number of nitrogens with one attached hydrogen (secondary N) is 2. The smallest absolute Gasteiger partial charge is 0.273 e. The maximum Gasteiger partial charge on any atom is 0.273 e. The van der Waals surface area contributed by atoms with Crippen molar-refractivity contribution >= 4 is 39.8 Å². The molecule has 0 atom stereocenters. The number of amides is 1. The fourth-order valence-corrected chi connectivity index (χ4v) is 5.60. The van der Waals surface area contributed by atoms with Gasteiger partial charge in [-0.25, -0.2) is 8.78 Å². The zero-order valence-electron chi connectivity index (χ0n) is 32.7. The first-order valence-electron chi connectivity index (χ1n) is 17.9. The molecule has 0 aliphatic heterocycles. The molecule has 2 heterocycles. The number of hydrogen-bond donors (Lipinski definition) is 3. The van der Waals surface area contributed by atoms with Gasteiger partial charge in [-0.1, -0.05) is 32.2 Å². The normalized spacial score (nSPS) is 10.2. The van der Waals surface area contributed by atoms with Crippen molar-refractivity contribution in [2.24, 2.45) is 14.1 Å². The monoisotopic (exact) mass is 821 g/mol. The van der Waals surface area contributed by atoms with Crippen molar-refractivity contribution in [1.29, 1.82) is 0 Å². The zero-order valence-corrected chi connectivity index (χ0v) is 33.5. The Hall–Kier alpha value is -7.25. The number of anilines is 3. The summed E-state index contributed by atoms with van der Waals surface area (Å²) in [5, 5.41) is 5.13. The minimum atomic E-state index is -0.509. The average molecular weight is 822 g/mol. The van der Waals surface area contributed by atoms with Gasteiger partial charge in [-0.15, -0.1) is 0 Å². The van der Waals surface area contributed by atoms with Crippen LogP contribution in [0.4, 0.5) is 25.8 Å². The highest BCUT2D eigenvalue weighted by molar-refractivity contribution is 6.66. The van der Waals surface area contributed by atoms with E-state index in [4.69, 9.17) is 26.8 Å². The molecule has 11 nitrogen and oxygen atoms in total. The summed E-state index contributed by atoms with van der Waals surface area (Å²) in [4.78, 5) is 45.8. The quantitative estimate of drug-likeness (QED) is 0.0666. The average Bonchev–Trinajstić information content (AvgIpc) is 3.22. The van der Waals surface area contributed by atoms with Crippen molar-refractivity contribution < 1.29 is 27.8 Å². The Morgan fingerprint density at radius 3 is 1.73 bits per heavy atom. The molecule has 0 radical (unpaired) electrons. The first-order valence-corrected chi connectivity index (χ1v) is 18.3. The number of carbonyl (C=O) groups excluding carboxylic acids is 2. The van der Waals surface area contributed by atoms with Crippen molar-refractivity contribution in [2.45, 2.75) is 13.3 Å². The van der Waals surface area contributed by atoms with E-state index < -0.39 is 5.24 Å². The maximum atomic E-state index is 13.2. The molecule has 0 saturated carbocycles. The molecule has 304 valence electrons. The third-order valence-corrected chi connectivity index (χ3v) is 8.59. The number of benzene rings is 4. The molecule has 4 aromatic carbocycles. The molecule has 0 aliphatic rings. The third-order valence-electron chi connectivity index (χ3n) is 8.44. The summed E-state index contributed by atoms with van der Waals surface area (Å²) in [6.07, 6.45) is 6.23. The molecule has 0 aliphatic carbocycles. The standard InChI is InChI=1S/C22H20FN3O3.C20H19FN2O2.C3H3ClO/c1-4-20(27)25-17-6-5-7-19(29-16-10-8-15(23)9-11-16)21(17)14-12-18(24-2)22(28)26(3)13-14;1-3-13-11-14(12-23(2)20(13)24)19-17(22)5-4-6-18(19)25-16-9-7-15(21)8-10-16;1-2-3(4)5/h4-13,24H,1H2,2-3H3,(H,25,27);4-12H,3,22H2,1-2H3;2H,1H2. The molecular weight excluding hydrogens is 780 g/mol. The van der Waals surface area contributed by atoms with Crippen molar-refractivity contribution in [3.8, 4) is 45.3 Å². The number of rotatable bonds is 11. The second-order valence-electron chi connectivity index (χ2n) is 12.5. The molecule has 6 rings (SSSR count). The van der Waals surface area contributed by atoms with E-state index >= 15 is 0 Å². The number of nitrogens with two attached hydrogens (primary N) is 1. The molecule has 4 N–H and O–H groups in total. The van der Waals surface area contributed by atoms with Gasteiger partial charge < -0.3 is 35.0 Å². The number of nitrogens with zero attached hydrogens (tertiary/aromatic N) is 2. The van der Waals surface area contributed by atoms with Crippen molar-refractivity contribution in [3.63, 3.8) is 0 Å². The summed E-state index contributed by atoms with van der Waals surface area (Å²) in [5.41, 5.74) is 10.8. The number of aromatic nitrogens is 2. The molecule has 0 spiro atoms. The number of allylic oxidation sites excluding steroid dienone is 1. The van der Waals surface area contributed by atoms with Crippen LogP contribution in [0.3, 0.4) is 0 Å². The van der Waals surface area contributed by atoms with Gasteiger partial charge in [0.1, 0.15) is 40.3 Å². The van der Waals surface area contributed by atoms with Crippen LogP contribution >= 0.6 is 11.6 Å². The first kappa shape index (κ1) is 44.5. The molecule has 2 aromatic heterocycles. The van der Waals surface area contributed by atoms with Crippen LogP contribution in [0.25, 0.3) is 22.3 Å². The van der Waals surface area contributed by atoms with E-state index in [0.717, 1.165) is 17.7 Å². The highest BCUT2D eigenvalue weighted by Crippen LogP contribution is 2.40. The Labute approximate surface area is 344 Å². The molecule has 1 amide bonds.